The molecule has 2 aromatic rings. The standard InChI is InChI=1S/C22H22ClNO3.ClH/c1-26-19-11-16-13-7-5-6-10-18(13)24-21(17(16)12-20(19)27-2)14-8-3-4-9-15(14)22(23)25;/h3-4,8-9,11-13,18H,5-7,10H2,1-2H3;1H/t13-,18-;/m1./s1. The normalized spacial score (nSPS) is 20.2. The number of nitrogens with zero attached hydrogens (tertiary/aromatic N) is 1. The maximum absolute atomic E-state index is 12.0. The number of halogens is 2. The van der Waals surface area contributed by atoms with Crippen molar-refractivity contribution in [1.82, 2.24) is 0 Å². The van der Waals surface area contributed by atoms with Crippen LogP contribution in [0.25, 0.3) is 0 Å². The molecule has 1 heterocycles. The number of ether oxygens (including phenoxy) is 2. The Balaban J connectivity index is 0.00000225. The first-order chi connectivity index (χ1) is 13.1. The van der Waals surface area contributed by atoms with Gasteiger partial charge in [-0.3, -0.25) is 9.79 Å². The third kappa shape index (κ3) is 3.51. The van der Waals surface area contributed by atoms with Crippen LogP contribution in [0.4, 0.5) is 0 Å². The summed E-state index contributed by atoms with van der Waals surface area (Å²) in [7, 11) is 3.28. The van der Waals surface area contributed by atoms with Crippen molar-refractivity contribution >= 4 is 35.0 Å². The van der Waals surface area contributed by atoms with Crippen LogP contribution >= 0.6 is 24.0 Å². The smallest absolute Gasteiger partial charge is 0.253 e. The SMILES string of the molecule is COc1cc2c(cc1OC)[C@H]1CCCC[C@H]1N=C2c1ccccc1C(=O)Cl.Cl. The van der Waals surface area contributed by atoms with Gasteiger partial charge in [-0.15, -0.1) is 12.4 Å². The highest BCUT2D eigenvalue weighted by atomic mass is 35.5. The first kappa shape index (κ1) is 20.7. The zero-order chi connectivity index (χ0) is 19.0. The summed E-state index contributed by atoms with van der Waals surface area (Å²) in [5.41, 5.74) is 4.29. The molecule has 0 N–H and O–H groups in total. The Bertz CT molecular complexity index is 926. The lowest BCUT2D eigenvalue weighted by Gasteiger charge is -2.36. The maximum atomic E-state index is 12.0. The van der Waals surface area contributed by atoms with E-state index in [1.165, 1.54) is 18.4 Å². The molecule has 0 saturated heterocycles. The second kappa shape index (κ2) is 8.54. The number of methoxy groups -OCH3 is 2. The van der Waals surface area contributed by atoms with Crippen LogP contribution in [-0.2, 0) is 0 Å². The van der Waals surface area contributed by atoms with Crippen LogP contribution in [0.5, 0.6) is 11.5 Å². The Kier molecular flexibility index (Phi) is 6.31. The molecule has 1 aliphatic carbocycles. The van der Waals surface area contributed by atoms with E-state index in [-0.39, 0.29) is 18.4 Å². The van der Waals surface area contributed by atoms with Crippen molar-refractivity contribution in [3.05, 3.63) is 58.7 Å². The van der Waals surface area contributed by atoms with E-state index >= 15 is 0 Å². The van der Waals surface area contributed by atoms with Gasteiger partial charge >= 0.3 is 0 Å². The molecular weight excluding hydrogens is 397 g/mol. The van der Waals surface area contributed by atoms with Gasteiger partial charge in [-0.05, 0) is 48.2 Å². The molecule has 0 bridgehead atoms. The van der Waals surface area contributed by atoms with E-state index in [4.69, 9.17) is 26.1 Å². The third-order valence-corrected chi connectivity index (χ3v) is 5.83. The number of fused-ring (bicyclic) bond motifs is 3. The van der Waals surface area contributed by atoms with Gasteiger partial charge in [-0.1, -0.05) is 31.0 Å². The van der Waals surface area contributed by atoms with Gasteiger partial charge in [0.15, 0.2) is 11.5 Å². The predicted molar refractivity (Wildman–Crippen MR) is 114 cm³/mol. The Morgan fingerprint density at radius 1 is 1.04 bits per heavy atom. The highest BCUT2D eigenvalue weighted by Gasteiger charge is 2.35. The molecule has 1 saturated carbocycles. The summed E-state index contributed by atoms with van der Waals surface area (Å²) in [6.45, 7) is 0. The topological polar surface area (TPSA) is 47.9 Å². The minimum atomic E-state index is -0.471. The lowest BCUT2D eigenvalue weighted by atomic mass is 9.74. The maximum Gasteiger partial charge on any atom is 0.253 e. The van der Waals surface area contributed by atoms with Crippen molar-refractivity contribution in [3.8, 4) is 11.5 Å². The van der Waals surface area contributed by atoms with E-state index in [1.807, 2.05) is 24.3 Å². The number of rotatable bonds is 4. The van der Waals surface area contributed by atoms with Crippen LogP contribution in [0.3, 0.4) is 0 Å². The Morgan fingerprint density at radius 3 is 2.43 bits per heavy atom. The molecule has 1 fully saturated rings. The van der Waals surface area contributed by atoms with Crippen LogP contribution in [0.1, 0.15) is 58.6 Å². The van der Waals surface area contributed by atoms with E-state index in [9.17, 15) is 4.79 Å². The van der Waals surface area contributed by atoms with Gasteiger partial charge in [0, 0.05) is 22.6 Å². The molecule has 0 amide bonds. The molecule has 0 radical (unpaired) electrons. The molecule has 4 rings (SSSR count). The fourth-order valence-electron chi connectivity index (χ4n) is 4.35. The number of aliphatic imine (C=N–C) groups is 1. The van der Waals surface area contributed by atoms with E-state index in [2.05, 4.69) is 6.07 Å². The second-order valence-corrected chi connectivity index (χ2v) is 7.39. The Morgan fingerprint density at radius 2 is 1.71 bits per heavy atom. The van der Waals surface area contributed by atoms with Crippen LogP contribution in [0, 0.1) is 0 Å². The average Bonchev–Trinajstić information content (AvgIpc) is 2.72. The highest BCUT2D eigenvalue weighted by molar-refractivity contribution is 6.68. The van der Waals surface area contributed by atoms with Crippen LogP contribution in [0.2, 0.25) is 0 Å². The average molecular weight is 420 g/mol. The lowest BCUT2D eigenvalue weighted by Crippen LogP contribution is -2.30. The van der Waals surface area contributed by atoms with Crippen molar-refractivity contribution in [2.45, 2.75) is 37.6 Å². The largest absolute Gasteiger partial charge is 0.493 e. The summed E-state index contributed by atoms with van der Waals surface area (Å²) in [4.78, 5) is 17.1. The molecule has 2 aliphatic rings. The molecule has 0 spiro atoms. The van der Waals surface area contributed by atoms with Gasteiger partial charge in [-0.25, -0.2) is 0 Å². The monoisotopic (exact) mass is 419 g/mol. The minimum Gasteiger partial charge on any atom is -0.493 e. The quantitative estimate of drug-likeness (QED) is 0.624. The van der Waals surface area contributed by atoms with Gasteiger partial charge in [0.2, 0.25) is 0 Å². The van der Waals surface area contributed by atoms with Crippen molar-refractivity contribution in [3.63, 3.8) is 0 Å². The van der Waals surface area contributed by atoms with Crippen LogP contribution in [-0.4, -0.2) is 31.2 Å². The number of carbonyl (C=O) groups is 1. The zero-order valence-corrected chi connectivity index (χ0v) is 17.5. The molecule has 4 nitrogen and oxygen atoms in total. The molecule has 148 valence electrons. The van der Waals surface area contributed by atoms with E-state index < -0.39 is 5.24 Å². The van der Waals surface area contributed by atoms with Crippen LogP contribution in [0.15, 0.2) is 41.4 Å². The van der Waals surface area contributed by atoms with E-state index in [0.29, 0.717) is 17.2 Å². The molecular formula is C22H23Cl2NO3. The number of carbonyl (C=O) groups excluding carboxylic acids is 1. The predicted octanol–water partition coefficient (Wildman–Crippen LogP) is 5.38. The summed E-state index contributed by atoms with van der Waals surface area (Å²) in [5, 5.41) is -0.471. The first-order valence-corrected chi connectivity index (χ1v) is 9.65. The molecule has 6 heteroatoms. The Labute approximate surface area is 176 Å². The van der Waals surface area contributed by atoms with Crippen LogP contribution < -0.4 is 9.47 Å². The summed E-state index contributed by atoms with van der Waals surface area (Å²) in [5.74, 6) is 1.76. The summed E-state index contributed by atoms with van der Waals surface area (Å²) < 4.78 is 11.1. The summed E-state index contributed by atoms with van der Waals surface area (Å²) in [6, 6.07) is 11.7. The van der Waals surface area contributed by atoms with E-state index in [0.717, 1.165) is 35.4 Å². The first-order valence-electron chi connectivity index (χ1n) is 9.27. The summed E-state index contributed by atoms with van der Waals surface area (Å²) in [6.07, 6.45) is 4.55. The van der Waals surface area contributed by atoms with E-state index in [1.54, 1.807) is 20.3 Å². The van der Waals surface area contributed by atoms with Crippen molar-refractivity contribution in [2.75, 3.05) is 14.2 Å². The van der Waals surface area contributed by atoms with Gasteiger partial charge in [0.05, 0.1) is 26.0 Å². The van der Waals surface area contributed by atoms with Gasteiger partial charge < -0.3 is 9.47 Å². The number of hydrogen-bond acceptors (Lipinski definition) is 4. The molecule has 0 aromatic heterocycles. The highest BCUT2D eigenvalue weighted by Crippen LogP contribution is 2.45. The fourth-order valence-corrected chi connectivity index (χ4v) is 4.51. The molecule has 1 aliphatic heterocycles. The fraction of sp³-hybridized carbons (Fsp3) is 0.364. The molecule has 2 aromatic carbocycles. The molecule has 28 heavy (non-hydrogen) atoms. The van der Waals surface area contributed by atoms with Crippen molar-refractivity contribution < 1.29 is 14.3 Å². The third-order valence-electron chi connectivity index (χ3n) is 5.63. The lowest BCUT2D eigenvalue weighted by molar-refractivity contribution is 0.108. The van der Waals surface area contributed by atoms with Crippen molar-refractivity contribution in [2.24, 2.45) is 4.99 Å². The minimum absolute atomic E-state index is 0. The number of hydrogen-bond donors (Lipinski definition) is 0. The second-order valence-electron chi connectivity index (χ2n) is 7.05. The van der Waals surface area contributed by atoms with Crippen molar-refractivity contribution in [1.29, 1.82) is 0 Å². The molecule has 2 atom stereocenters. The number of benzene rings is 2. The molecule has 0 unspecified atom stereocenters. The van der Waals surface area contributed by atoms with Gasteiger partial charge in [0.1, 0.15) is 0 Å². The van der Waals surface area contributed by atoms with Gasteiger partial charge in [-0.2, -0.15) is 0 Å². The zero-order valence-electron chi connectivity index (χ0n) is 15.9. The summed E-state index contributed by atoms with van der Waals surface area (Å²) >= 11 is 5.86. The Hall–Kier alpha value is -2.04. The van der Waals surface area contributed by atoms with Gasteiger partial charge in [0.25, 0.3) is 5.24 Å².